The van der Waals surface area contributed by atoms with Gasteiger partial charge in [-0.05, 0) is 0 Å². The van der Waals surface area contributed by atoms with Crippen molar-refractivity contribution in [3.63, 3.8) is 0 Å². The van der Waals surface area contributed by atoms with Crippen LogP contribution in [0.4, 0.5) is 0 Å². The lowest BCUT2D eigenvalue weighted by molar-refractivity contribution is -0.00100. The molecule has 0 aromatic heterocycles. The molecule has 0 saturated heterocycles. The highest BCUT2D eigenvalue weighted by atomic mass is 19.0. The van der Waals surface area contributed by atoms with Gasteiger partial charge in [-0.15, -0.1) is 0 Å². The van der Waals surface area contributed by atoms with Gasteiger partial charge in [-0.2, -0.15) is 0 Å². The zero-order chi connectivity index (χ0) is 16.2. The molecule has 0 aromatic carbocycles. The van der Waals surface area contributed by atoms with Crippen molar-refractivity contribution in [1.29, 1.82) is 0 Å². The maximum absolute atomic E-state index is 2.12. The third-order valence-corrected chi connectivity index (χ3v) is 0. The maximum atomic E-state index is 2.12. The van der Waals surface area contributed by atoms with E-state index in [4.69, 9.17) is 0 Å². The van der Waals surface area contributed by atoms with E-state index < -0.39 is 0 Å². The Kier molecular flexibility index (Phi) is 1260. The largest absolute Gasteiger partial charge is 1.00 e. The molecule has 0 rings (SSSR count). The van der Waals surface area contributed by atoms with Crippen molar-refractivity contribution in [1.82, 2.24) is 0 Å². The van der Waals surface area contributed by atoms with Gasteiger partial charge in [0.05, 0.1) is 0 Å². The summed E-state index contributed by atoms with van der Waals surface area (Å²) in [5.41, 5.74) is 0. The van der Waals surface area contributed by atoms with Gasteiger partial charge in [0, 0.05) is 0 Å². The van der Waals surface area contributed by atoms with Crippen LogP contribution in [0.25, 0.3) is 0 Å². The van der Waals surface area contributed by atoms with Crippen LogP contribution in [0, 0.1) is 0 Å². The minimum absolute atomic E-state index is 0. The van der Waals surface area contributed by atoms with Gasteiger partial charge in [-0.1, -0.05) is 122 Å². The van der Waals surface area contributed by atoms with Crippen LogP contribution in [0.15, 0.2) is 0 Å². The van der Waals surface area contributed by atoms with Gasteiger partial charge in [0.1, 0.15) is 0 Å². The van der Waals surface area contributed by atoms with E-state index in [1.54, 1.807) is 0 Å². The van der Waals surface area contributed by atoms with Crippen LogP contribution in [0.1, 0.15) is 122 Å². The molecule has 0 bridgehead atoms. The van der Waals surface area contributed by atoms with Gasteiger partial charge in [0.2, 0.25) is 0 Å². The molecular weight excluding hydrogens is 330 g/mol. The lowest BCUT2D eigenvalue weighted by Gasteiger charge is -1.48. The molecule has 0 unspecified atom stereocenters. The molecule has 24 heavy (non-hydrogen) atoms. The topological polar surface area (TPSA) is 0 Å². The van der Waals surface area contributed by atoms with Crippen LogP contribution < -0.4 is 28.2 Å². The van der Waals surface area contributed by atoms with Gasteiger partial charge in [-0.25, -0.2) is 0 Å². The smallest absolute Gasteiger partial charge is 0.0590 e. The second kappa shape index (κ2) is 338. The summed E-state index contributed by atoms with van der Waals surface area (Å²) >= 11 is 0. The second-order valence-corrected chi connectivity index (χ2v) is 4.24. The predicted octanol–water partition coefficient (Wildman–Crippen LogP) is -9.48. The van der Waals surface area contributed by atoms with E-state index in [-0.39, 0.29) is 28.2 Å². The molecule has 0 heterocycles. The van der Waals surface area contributed by atoms with Crippen molar-refractivity contribution in [3.05, 3.63) is 0 Å². The Balaban J connectivity index is -0.00000000686. The summed E-state index contributed by atoms with van der Waals surface area (Å²) in [5.74, 6) is 0. The Morgan fingerprint density at radius 3 is 0.208 bits per heavy atom. The lowest BCUT2D eigenvalue weighted by Crippen LogP contribution is -3.00. The monoisotopic (exact) mass is 378 g/mol. The third kappa shape index (κ3) is 51800. The molecule has 0 fully saturated rings. The van der Waals surface area contributed by atoms with Crippen LogP contribution in [-0.4, -0.2) is 0 Å². The highest BCUT2D eigenvalue weighted by Gasteiger charge is 1.37. The molecule has 6 heteroatoms. The van der Waals surface area contributed by atoms with E-state index >= 15 is 0 Å². The highest BCUT2D eigenvalue weighted by Crippen LogP contribution is 1.57. The SMILES string of the molecule is CCC.CCC.CCC.CCC.CCC.CCC.[F-].[F-].[F-].[F-].[F-].[F-]. The fraction of sp³-hybridized carbons (Fsp3) is 1.00. The van der Waals surface area contributed by atoms with Crippen LogP contribution >= 0.6 is 0 Å². The first-order chi connectivity index (χ1) is 8.49. The summed E-state index contributed by atoms with van der Waals surface area (Å²) in [6.07, 6.45) is 7.50. The molecule has 0 aliphatic rings. The molecule has 0 N–H and O–H groups in total. The van der Waals surface area contributed by atoms with E-state index in [2.05, 4.69) is 83.1 Å². The lowest BCUT2D eigenvalue weighted by atomic mass is 10.6. The Hall–Kier alpha value is -0.420. The minimum Gasteiger partial charge on any atom is -1.00 e. The van der Waals surface area contributed by atoms with E-state index in [1.807, 2.05) is 0 Å². The zero-order valence-electron chi connectivity index (χ0n) is 18.5. The first-order valence-electron chi connectivity index (χ1n) is 8.49. The molecule has 0 atom stereocenters. The maximum Gasteiger partial charge on any atom is -0.0590 e. The van der Waals surface area contributed by atoms with Crippen molar-refractivity contribution in [2.75, 3.05) is 0 Å². The van der Waals surface area contributed by atoms with Gasteiger partial charge in [0.25, 0.3) is 0 Å². The summed E-state index contributed by atoms with van der Waals surface area (Å²) in [6.45, 7) is 25.5. The summed E-state index contributed by atoms with van der Waals surface area (Å²) in [5, 5.41) is 0. The van der Waals surface area contributed by atoms with Crippen LogP contribution in [0.3, 0.4) is 0 Å². The molecule has 0 aliphatic carbocycles. The molecule has 0 spiro atoms. The molecule has 0 aliphatic heterocycles. The Bertz CT molecular complexity index is 35.0. The summed E-state index contributed by atoms with van der Waals surface area (Å²) < 4.78 is 0. The van der Waals surface area contributed by atoms with E-state index in [9.17, 15) is 0 Å². The Morgan fingerprint density at radius 1 is 0.208 bits per heavy atom. The van der Waals surface area contributed by atoms with Gasteiger partial charge in [0.15, 0.2) is 0 Å². The normalized spacial score (nSPS) is 4.50. The fourth-order valence-corrected chi connectivity index (χ4v) is 0. The first-order valence-corrected chi connectivity index (χ1v) is 8.49. The van der Waals surface area contributed by atoms with E-state index in [1.165, 1.54) is 38.5 Å². The molecular formula is C18H48F6-6. The molecule has 0 radical (unpaired) electrons. The molecule has 168 valence electrons. The summed E-state index contributed by atoms with van der Waals surface area (Å²) in [4.78, 5) is 0. The molecule has 0 saturated carbocycles. The fourth-order valence-electron chi connectivity index (χ4n) is 0. The average molecular weight is 379 g/mol. The van der Waals surface area contributed by atoms with E-state index in [0.717, 1.165) is 0 Å². The Labute approximate surface area is 150 Å². The Morgan fingerprint density at radius 2 is 0.208 bits per heavy atom. The van der Waals surface area contributed by atoms with E-state index in [0.29, 0.717) is 0 Å². The van der Waals surface area contributed by atoms with Gasteiger partial charge in [-0.3, -0.25) is 0 Å². The number of hydrogen-bond donors (Lipinski definition) is 0. The number of halogens is 6. The predicted molar refractivity (Wildman–Crippen MR) is 95.8 cm³/mol. The van der Waals surface area contributed by atoms with Gasteiger partial charge >= 0.3 is 0 Å². The van der Waals surface area contributed by atoms with Crippen LogP contribution in [-0.2, 0) is 0 Å². The second-order valence-electron chi connectivity index (χ2n) is 4.24. The van der Waals surface area contributed by atoms with Crippen LogP contribution in [0.5, 0.6) is 0 Å². The van der Waals surface area contributed by atoms with Crippen molar-refractivity contribution >= 4 is 0 Å². The third-order valence-electron chi connectivity index (χ3n) is 0. The standard InChI is InChI=1S/6C3H8.6FH/c6*1-3-2;;;;;;/h6*3H2,1-2H3;6*1H/p-6. The number of hydrogen-bond acceptors (Lipinski definition) is 0. The quantitative estimate of drug-likeness (QED) is 0.368. The molecule has 0 aromatic rings. The van der Waals surface area contributed by atoms with Gasteiger partial charge < -0.3 is 28.2 Å². The van der Waals surface area contributed by atoms with Crippen LogP contribution in [0.2, 0.25) is 0 Å². The summed E-state index contributed by atoms with van der Waals surface area (Å²) in [6, 6.07) is 0. The molecule has 0 amide bonds. The average Bonchev–Trinajstić information content (AvgIpc) is 2.23. The zero-order valence-corrected chi connectivity index (χ0v) is 18.5. The van der Waals surface area contributed by atoms with Crippen molar-refractivity contribution in [3.8, 4) is 0 Å². The molecule has 0 nitrogen and oxygen atoms in total. The first kappa shape index (κ1) is 89.7. The van der Waals surface area contributed by atoms with Crippen molar-refractivity contribution in [2.45, 2.75) is 122 Å². The van der Waals surface area contributed by atoms with Crippen molar-refractivity contribution < 1.29 is 28.2 Å². The van der Waals surface area contributed by atoms with Crippen molar-refractivity contribution in [2.24, 2.45) is 0 Å². The highest BCUT2D eigenvalue weighted by molar-refractivity contribution is 3.93. The minimum atomic E-state index is 0. The summed E-state index contributed by atoms with van der Waals surface area (Å²) in [7, 11) is 0. The number of rotatable bonds is 0.